The molecule has 4 rings (SSSR count). The van der Waals surface area contributed by atoms with E-state index in [0.29, 0.717) is 17.2 Å². The molecule has 0 saturated carbocycles. The predicted molar refractivity (Wildman–Crippen MR) is 97.4 cm³/mol. The topological polar surface area (TPSA) is 73.2 Å². The van der Waals surface area contributed by atoms with E-state index in [4.69, 9.17) is 8.83 Å². The van der Waals surface area contributed by atoms with Crippen molar-refractivity contribution in [1.82, 2.24) is 9.78 Å². The quantitative estimate of drug-likeness (QED) is 0.586. The van der Waals surface area contributed by atoms with Crippen LogP contribution in [-0.2, 0) is 0 Å². The first-order valence-corrected chi connectivity index (χ1v) is 8.19. The molecule has 0 atom stereocenters. The molecule has 0 spiro atoms. The highest BCUT2D eigenvalue weighted by molar-refractivity contribution is 6.02. The molecule has 26 heavy (non-hydrogen) atoms. The molecule has 0 aliphatic carbocycles. The number of benzene rings is 1. The lowest BCUT2D eigenvalue weighted by Crippen LogP contribution is -2.11. The Hall–Kier alpha value is -3.54. The van der Waals surface area contributed by atoms with Gasteiger partial charge in [-0.05, 0) is 68.4 Å². The normalized spacial score (nSPS) is 10.8. The lowest BCUT2D eigenvalue weighted by Gasteiger charge is -2.07. The van der Waals surface area contributed by atoms with E-state index >= 15 is 0 Å². The Morgan fingerprint density at radius 2 is 1.85 bits per heavy atom. The summed E-state index contributed by atoms with van der Waals surface area (Å²) >= 11 is 0. The lowest BCUT2D eigenvalue weighted by molar-refractivity contribution is 0.0997. The maximum atomic E-state index is 12.4. The first kappa shape index (κ1) is 16.0. The number of hydrogen-bond donors (Lipinski definition) is 1. The molecule has 0 aliphatic rings. The van der Waals surface area contributed by atoms with Gasteiger partial charge in [0.15, 0.2) is 17.3 Å². The fraction of sp³-hybridized carbons (Fsp3) is 0.100. The fourth-order valence-electron chi connectivity index (χ4n) is 2.78. The highest BCUT2D eigenvalue weighted by Crippen LogP contribution is 2.23. The summed E-state index contributed by atoms with van der Waals surface area (Å²) in [6, 6.07) is 16.4. The SMILES string of the molecule is Cc1cc(C)n(-c2ccc(NC(=O)c3ccc(-c4ccco4)o3)cc2)n1. The van der Waals surface area contributed by atoms with Crippen LogP contribution >= 0.6 is 0 Å². The summed E-state index contributed by atoms with van der Waals surface area (Å²) in [5, 5.41) is 7.27. The summed E-state index contributed by atoms with van der Waals surface area (Å²) in [5.41, 5.74) is 3.63. The summed E-state index contributed by atoms with van der Waals surface area (Å²) in [6.07, 6.45) is 1.56. The minimum Gasteiger partial charge on any atom is -0.461 e. The van der Waals surface area contributed by atoms with Crippen LogP contribution in [0.5, 0.6) is 0 Å². The zero-order valence-electron chi connectivity index (χ0n) is 14.4. The molecular weight excluding hydrogens is 330 g/mol. The third-order valence-corrected chi connectivity index (χ3v) is 3.97. The van der Waals surface area contributed by atoms with Crippen molar-refractivity contribution in [3.8, 4) is 17.2 Å². The molecule has 1 aromatic carbocycles. The number of nitrogens with one attached hydrogen (secondary N) is 1. The van der Waals surface area contributed by atoms with Crippen molar-refractivity contribution in [2.45, 2.75) is 13.8 Å². The molecule has 0 fully saturated rings. The summed E-state index contributed by atoms with van der Waals surface area (Å²) in [4.78, 5) is 12.4. The maximum Gasteiger partial charge on any atom is 0.291 e. The number of carbonyl (C=O) groups is 1. The first-order valence-electron chi connectivity index (χ1n) is 8.19. The van der Waals surface area contributed by atoms with Crippen LogP contribution in [0.1, 0.15) is 21.9 Å². The Bertz CT molecular complexity index is 1040. The fourth-order valence-corrected chi connectivity index (χ4v) is 2.78. The van der Waals surface area contributed by atoms with Crippen molar-refractivity contribution in [3.63, 3.8) is 0 Å². The minimum atomic E-state index is -0.318. The number of amides is 1. The van der Waals surface area contributed by atoms with Crippen LogP contribution in [0, 0.1) is 13.8 Å². The van der Waals surface area contributed by atoms with Gasteiger partial charge in [-0.15, -0.1) is 0 Å². The van der Waals surface area contributed by atoms with E-state index in [1.54, 1.807) is 30.5 Å². The third kappa shape index (κ3) is 3.04. The van der Waals surface area contributed by atoms with Gasteiger partial charge in [-0.3, -0.25) is 4.79 Å². The van der Waals surface area contributed by atoms with E-state index in [0.717, 1.165) is 17.1 Å². The molecule has 0 aliphatic heterocycles. The molecule has 0 unspecified atom stereocenters. The second kappa shape index (κ2) is 6.40. The molecule has 1 N–H and O–H groups in total. The Labute approximate surface area is 150 Å². The number of nitrogens with zero attached hydrogens (tertiary/aromatic N) is 2. The van der Waals surface area contributed by atoms with E-state index in [1.165, 1.54) is 0 Å². The molecular formula is C20H17N3O3. The summed E-state index contributed by atoms with van der Waals surface area (Å²) in [6.45, 7) is 3.96. The van der Waals surface area contributed by atoms with E-state index in [1.807, 2.05) is 48.9 Å². The molecule has 130 valence electrons. The summed E-state index contributed by atoms with van der Waals surface area (Å²) < 4.78 is 12.7. The molecule has 1 amide bonds. The molecule has 0 saturated heterocycles. The van der Waals surface area contributed by atoms with Gasteiger partial charge < -0.3 is 14.2 Å². The maximum absolute atomic E-state index is 12.4. The van der Waals surface area contributed by atoms with Crippen molar-refractivity contribution in [1.29, 1.82) is 0 Å². The molecule has 3 heterocycles. The Balaban J connectivity index is 1.49. The molecule has 0 bridgehead atoms. The van der Waals surface area contributed by atoms with Crippen molar-refractivity contribution in [2.75, 3.05) is 5.32 Å². The van der Waals surface area contributed by atoms with Gasteiger partial charge in [-0.1, -0.05) is 0 Å². The summed E-state index contributed by atoms with van der Waals surface area (Å²) in [7, 11) is 0. The van der Waals surface area contributed by atoms with Crippen molar-refractivity contribution in [3.05, 3.63) is 78.0 Å². The van der Waals surface area contributed by atoms with Gasteiger partial charge in [0.1, 0.15) is 0 Å². The average Bonchev–Trinajstić information content (AvgIpc) is 3.35. The minimum absolute atomic E-state index is 0.221. The smallest absolute Gasteiger partial charge is 0.291 e. The molecule has 4 aromatic rings. The second-order valence-corrected chi connectivity index (χ2v) is 5.98. The van der Waals surface area contributed by atoms with Gasteiger partial charge in [0.25, 0.3) is 5.91 Å². The number of rotatable bonds is 4. The van der Waals surface area contributed by atoms with Crippen LogP contribution in [0.3, 0.4) is 0 Å². The third-order valence-electron chi connectivity index (χ3n) is 3.97. The van der Waals surface area contributed by atoms with Crippen LogP contribution in [0.15, 0.2) is 69.7 Å². The van der Waals surface area contributed by atoms with Crippen LogP contribution in [0.25, 0.3) is 17.2 Å². The van der Waals surface area contributed by atoms with E-state index in [-0.39, 0.29) is 11.7 Å². The Morgan fingerprint density at radius 1 is 1.04 bits per heavy atom. The number of aryl methyl sites for hydroxylation is 2. The number of anilines is 1. The standard InChI is InChI=1S/C20H17N3O3/c1-13-12-14(2)23(22-13)16-7-5-15(6-8-16)21-20(24)19-10-9-18(26-19)17-4-3-11-25-17/h3-12H,1-2H3,(H,21,24). The average molecular weight is 347 g/mol. The Kier molecular flexibility index (Phi) is 3.93. The van der Waals surface area contributed by atoms with Gasteiger partial charge in [0, 0.05) is 11.4 Å². The summed E-state index contributed by atoms with van der Waals surface area (Å²) in [5.74, 6) is 0.999. The van der Waals surface area contributed by atoms with Gasteiger partial charge in [-0.25, -0.2) is 4.68 Å². The van der Waals surface area contributed by atoms with Crippen molar-refractivity contribution in [2.24, 2.45) is 0 Å². The Morgan fingerprint density at radius 3 is 2.50 bits per heavy atom. The zero-order chi connectivity index (χ0) is 18.1. The van der Waals surface area contributed by atoms with E-state index in [2.05, 4.69) is 10.4 Å². The molecule has 6 heteroatoms. The lowest BCUT2D eigenvalue weighted by atomic mass is 10.2. The number of aromatic nitrogens is 2. The van der Waals surface area contributed by atoms with Crippen LogP contribution in [0.4, 0.5) is 5.69 Å². The van der Waals surface area contributed by atoms with E-state index < -0.39 is 0 Å². The number of furan rings is 2. The molecule has 0 radical (unpaired) electrons. The monoisotopic (exact) mass is 347 g/mol. The highest BCUT2D eigenvalue weighted by Gasteiger charge is 2.14. The largest absolute Gasteiger partial charge is 0.461 e. The van der Waals surface area contributed by atoms with Gasteiger partial charge in [0.05, 0.1) is 17.6 Å². The number of hydrogen-bond acceptors (Lipinski definition) is 4. The van der Waals surface area contributed by atoms with Gasteiger partial charge in [-0.2, -0.15) is 5.10 Å². The molecule has 3 aromatic heterocycles. The van der Waals surface area contributed by atoms with Crippen molar-refractivity contribution < 1.29 is 13.6 Å². The second-order valence-electron chi connectivity index (χ2n) is 5.98. The van der Waals surface area contributed by atoms with E-state index in [9.17, 15) is 4.79 Å². The highest BCUT2D eigenvalue weighted by atomic mass is 16.4. The number of carbonyl (C=O) groups excluding carboxylic acids is 1. The van der Waals surface area contributed by atoms with Gasteiger partial charge in [0.2, 0.25) is 0 Å². The first-order chi connectivity index (χ1) is 12.6. The zero-order valence-corrected chi connectivity index (χ0v) is 14.4. The molecule has 6 nitrogen and oxygen atoms in total. The van der Waals surface area contributed by atoms with Crippen LogP contribution in [-0.4, -0.2) is 15.7 Å². The van der Waals surface area contributed by atoms with Crippen LogP contribution in [0.2, 0.25) is 0 Å². The van der Waals surface area contributed by atoms with Crippen molar-refractivity contribution >= 4 is 11.6 Å². The van der Waals surface area contributed by atoms with Gasteiger partial charge >= 0.3 is 0 Å². The van der Waals surface area contributed by atoms with Crippen LogP contribution < -0.4 is 5.32 Å². The predicted octanol–water partition coefficient (Wildman–Crippen LogP) is 4.59.